The lowest BCUT2D eigenvalue weighted by Crippen LogP contribution is -2.54. The maximum atomic E-state index is 13.3. The lowest BCUT2D eigenvalue weighted by molar-refractivity contribution is -0.136. The Morgan fingerprint density at radius 1 is 0.979 bits per heavy atom. The largest absolute Gasteiger partial charge is 0.488 e. The van der Waals surface area contributed by atoms with E-state index in [1.165, 1.54) is 6.07 Å². The van der Waals surface area contributed by atoms with Gasteiger partial charge >= 0.3 is 0 Å². The van der Waals surface area contributed by atoms with Crippen molar-refractivity contribution in [1.29, 1.82) is 0 Å². The van der Waals surface area contributed by atoms with Crippen molar-refractivity contribution in [2.24, 2.45) is 0 Å². The molecule has 0 aliphatic carbocycles. The number of fused-ring (bicyclic) bond motifs is 2. The van der Waals surface area contributed by atoms with E-state index in [1.54, 1.807) is 36.8 Å². The number of rotatable bonds is 9. The number of furan rings is 1. The smallest absolute Gasteiger partial charge is 0.266 e. The lowest BCUT2D eigenvalue weighted by Gasteiger charge is -2.27. The number of pyridine rings is 2. The third-order valence-electron chi connectivity index (χ3n) is 8.13. The minimum atomic E-state index is -1.06. The number of hydrogen-bond donors (Lipinski definition) is 2. The number of carbonyl (C=O) groups excluding carboxylic acids is 5. The molecule has 5 amide bonds. The van der Waals surface area contributed by atoms with Crippen LogP contribution in [0, 0.1) is 0 Å². The van der Waals surface area contributed by atoms with Gasteiger partial charge < -0.3 is 14.5 Å². The van der Waals surface area contributed by atoms with Gasteiger partial charge in [-0.1, -0.05) is 36.4 Å². The van der Waals surface area contributed by atoms with Crippen LogP contribution in [0.5, 0.6) is 5.75 Å². The van der Waals surface area contributed by atoms with E-state index in [0.29, 0.717) is 11.5 Å². The summed E-state index contributed by atoms with van der Waals surface area (Å²) < 4.78 is 11.9. The first-order chi connectivity index (χ1) is 22.9. The first-order valence-corrected chi connectivity index (χ1v) is 14.9. The molecule has 2 N–H and O–H groups in total. The molecule has 0 bridgehead atoms. The van der Waals surface area contributed by atoms with Crippen LogP contribution in [-0.2, 0) is 27.4 Å². The van der Waals surface area contributed by atoms with Crippen LogP contribution in [0.4, 0.5) is 0 Å². The van der Waals surface area contributed by atoms with Gasteiger partial charge in [-0.05, 0) is 53.9 Å². The number of hydrogen-bond acceptors (Lipinski definition) is 9. The summed E-state index contributed by atoms with van der Waals surface area (Å²) in [5, 5.41) is 6.07. The van der Waals surface area contributed by atoms with Crippen LogP contribution < -0.4 is 15.4 Å². The van der Waals surface area contributed by atoms with E-state index in [4.69, 9.17) is 9.15 Å². The summed E-state index contributed by atoms with van der Waals surface area (Å²) in [6, 6.07) is 19.6. The number of piperidine rings is 1. The molecule has 5 heterocycles. The third kappa shape index (κ3) is 5.84. The van der Waals surface area contributed by atoms with Crippen LogP contribution in [0.2, 0.25) is 0 Å². The number of aromatic nitrogens is 2. The lowest BCUT2D eigenvalue weighted by atomic mass is 10.0. The molecule has 47 heavy (non-hydrogen) atoms. The van der Waals surface area contributed by atoms with E-state index in [0.717, 1.165) is 27.0 Å². The monoisotopic (exact) mass is 629 g/mol. The summed E-state index contributed by atoms with van der Waals surface area (Å²) in [4.78, 5) is 73.0. The molecule has 1 saturated heterocycles. The van der Waals surface area contributed by atoms with Crippen LogP contribution in [0.3, 0.4) is 0 Å². The topological polar surface area (TPSA) is 161 Å². The van der Waals surface area contributed by atoms with Crippen molar-refractivity contribution in [3.63, 3.8) is 0 Å². The van der Waals surface area contributed by atoms with Gasteiger partial charge in [-0.25, -0.2) is 4.98 Å². The summed E-state index contributed by atoms with van der Waals surface area (Å²) >= 11 is 0. The normalized spacial score (nSPS) is 16.6. The predicted molar refractivity (Wildman–Crippen MR) is 166 cm³/mol. The highest BCUT2D eigenvalue weighted by Crippen LogP contribution is 2.34. The molecule has 1 fully saturated rings. The van der Waals surface area contributed by atoms with Crippen molar-refractivity contribution in [3.05, 3.63) is 125 Å². The maximum Gasteiger partial charge on any atom is 0.266 e. The highest BCUT2D eigenvalue weighted by Gasteiger charge is 2.46. The average Bonchev–Trinajstić information content (AvgIpc) is 3.62. The Bertz CT molecular complexity index is 2010. The zero-order valence-corrected chi connectivity index (χ0v) is 24.8. The Morgan fingerprint density at radius 2 is 1.79 bits per heavy atom. The van der Waals surface area contributed by atoms with Gasteiger partial charge in [0.25, 0.3) is 11.8 Å². The standard InChI is InChI=1S/C35H27N5O7/c41-28-13-12-25(32(43)39-28)40-34(44)24-6-1-7-26(30(24)35(40)45)46-19-21-10-8-20(9-11-21)16-29(42)38-31(23-5-2-14-36-18-23)27-17-22-4-3-15-37-33(22)47-27/h1-11,14-15,17-18,25,31H,12-13,16,19H2,(H,38,42)(H,39,41,43). The molecule has 2 aromatic carbocycles. The Hall–Kier alpha value is -6.17. The highest BCUT2D eigenvalue weighted by atomic mass is 16.5. The molecule has 2 atom stereocenters. The summed E-state index contributed by atoms with van der Waals surface area (Å²) in [5.41, 5.74) is 3.00. The fourth-order valence-corrected chi connectivity index (χ4v) is 5.82. The van der Waals surface area contributed by atoms with Gasteiger partial charge in [-0.3, -0.25) is 39.2 Å². The molecule has 12 nitrogen and oxygen atoms in total. The molecule has 0 saturated carbocycles. The Morgan fingerprint density at radius 3 is 2.55 bits per heavy atom. The zero-order valence-electron chi connectivity index (χ0n) is 24.8. The fraction of sp³-hybridized carbons (Fsp3) is 0.171. The summed E-state index contributed by atoms with van der Waals surface area (Å²) in [6.45, 7) is 0.0893. The quantitative estimate of drug-likeness (QED) is 0.232. The second-order valence-corrected chi connectivity index (χ2v) is 11.2. The molecule has 2 unspecified atom stereocenters. The average molecular weight is 630 g/mol. The Labute approximate surface area is 267 Å². The number of amides is 5. The van der Waals surface area contributed by atoms with E-state index in [1.807, 2.05) is 48.5 Å². The molecule has 3 aromatic heterocycles. The molecule has 2 aliphatic heterocycles. The minimum Gasteiger partial charge on any atom is -0.488 e. The van der Waals surface area contributed by atoms with Crippen molar-refractivity contribution >= 4 is 40.6 Å². The van der Waals surface area contributed by atoms with E-state index in [2.05, 4.69) is 20.6 Å². The van der Waals surface area contributed by atoms with Crippen LogP contribution in [0.15, 0.2) is 95.8 Å². The van der Waals surface area contributed by atoms with Crippen LogP contribution in [-0.4, -0.2) is 50.4 Å². The van der Waals surface area contributed by atoms with Gasteiger partial charge in [0.2, 0.25) is 23.4 Å². The Balaban J connectivity index is 1.01. The molecule has 234 valence electrons. The molecule has 12 heteroatoms. The van der Waals surface area contributed by atoms with E-state index in [9.17, 15) is 24.0 Å². The number of nitrogens with zero attached hydrogens (tertiary/aromatic N) is 3. The predicted octanol–water partition coefficient (Wildman–Crippen LogP) is 3.65. The molecule has 0 radical (unpaired) electrons. The van der Waals surface area contributed by atoms with Gasteiger partial charge in [0.15, 0.2) is 0 Å². The minimum absolute atomic E-state index is 0.0366. The first-order valence-electron chi connectivity index (χ1n) is 14.9. The maximum absolute atomic E-state index is 13.3. The molecule has 7 rings (SSSR count). The van der Waals surface area contributed by atoms with Crippen LogP contribution in [0.25, 0.3) is 11.1 Å². The van der Waals surface area contributed by atoms with E-state index >= 15 is 0 Å². The molecule has 5 aromatic rings. The number of imide groups is 2. The summed E-state index contributed by atoms with van der Waals surface area (Å²) in [6.07, 6.45) is 5.19. The van der Waals surface area contributed by atoms with Gasteiger partial charge in [0.1, 0.15) is 30.2 Å². The van der Waals surface area contributed by atoms with E-state index in [-0.39, 0.29) is 48.7 Å². The highest BCUT2D eigenvalue weighted by molar-refractivity contribution is 6.24. The first kappa shape index (κ1) is 29.5. The molecule has 2 aliphatic rings. The third-order valence-corrected chi connectivity index (χ3v) is 8.13. The molecular weight excluding hydrogens is 602 g/mol. The fourth-order valence-electron chi connectivity index (χ4n) is 5.82. The van der Waals surface area contributed by atoms with Crippen molar-refractivity contribution in [2.75, 3.05) is 0 Å². The van der Waals surface area contributed by atoms with Crippen molar-refractivity contribution in [1.82, 2.24) is 25.5 Å². The number of nitrogens with one attached hydrogen (secondary N) is 2. The van der Waals surface area contributed by atoms with Crippen LogP contribution >= 0.6 is 0 Å². The number of ether oxygens (including phenoxy) is 1. The van der Waals surface area contributed by atoms with Gasteiger partial charge in [-0.2, -0.15) is 0 Å². The van der Waals surface area contributed by atoms with E-state index < -0.39 is 35.7 Å². The van der Waals surface area contributed by atoms with Gasteiger partial charge in [0, 0.05) is 36.0 Å². The van der Waals surface area contributed by atoms with Crippen molar-refractivity contribution in [2.45, 2.75) is 38.0 Å². The van der Waals surface area contributed by atoms with Gasteiger partial charge in [-0.15, -0.1) is 0 Å². The van der Waals surface area contributed by atoms with Crippen molar-refractivity contribution < 1.29 is 33.1 Å². The Kier molecular flexibility index (Phi) is 7.74. The summed E-state index contributed by atoms with van der Waals surface area (Å²) in [5.74, 6) is -1.82. The SMILES string of the molecule is O=C1CCC(N2C(=O)c3cccc(OCc4ccc(CC(=O)NC(c5cccnc5)c5cc6cccnc6o5)cc4)c3C2=O)C(=O)N1. The number of benzene rings is 2. The van der Waals surface area contributed by atoms with Gasteiger partial charge in [0.05, 0.1) is 17.5 Å². The molecule has 0 spiro atoms. The van der Waals surface area contributed by atoms with Crippen LogP contribution in [0.1, 0.15) is 62.1 Å². The zero-order chi connectivity index (χ0) is 32.5. The number of carbonyl (C=O) groups is 5. The molecular formula is C35H27N5O7. The summed E-state index contributed by atoms with van der Waals surface area (Å²) in [7, 11) is 0. The second kappa shape index (κ2) is 12.3. The van der Waals surface area contributed by atoms with Crippen molar-refractivity contribution in [3.8, 4) is 5.75 Å². The second-order valence-electron chi connectivity index (χ2n) is 11.2.